The lowest BCUT2D eigenvalue weighted by atomic mass is 9.95. The topological polar surface area (TPSA) is 59.1 Å². The third-order valence-corrected chi connectivity index (χ3v) is 3.25. The quantitative estimate of drug-likeness (QED) is 0.839. The number of ether oxygens (including phenoxy) is 1. The average Bonchev–Trinajstić information content (AvgIpc) is 2.38. The van der Waals surface area contributed by atoms with Gasteiger partial charge < -0.3 is 15.4 Å². The molecule has 0 bridgehead atoms. The molecule has 0 aliphatic carbocycles. The van der Waals surface area contributed by atoms with Gasteiger partial charge in [-0.3, -0.25) is 0 Å². The highest BCUT2D eigenvalue weighted by atomic mass is 16.5. The van der Waals surface area contributed by atoms with E-state index in [9.17, 15) is 0 Å². The summed E-state index contributed by atoms with van der Waals surface area (Å²) in [5.74, 6) is 2.60. The largest absolute Gasteiger partial charge is 0.383 e. The van der Waals surface area contributed by atoms with Gasteiger partial charge in [0.2, 0.25) is 0 Å². The minimum Gasteiger partial charge on any atom is -0.383 e. The van der Waals surface area contributed by atoms with Crippen LogP contribution in [0.3, 0.4) is 0 Å². The van der Waals surface area contributed by atoms with E-state index < -0.39 is 0 Å². The Labute approximate surface area is 122 Å². The Hall–Kier alpha value is -1.36. The fourth-order valence-corrected chi connectivity index (χ4v) is 1.89. The molecule has 1 aromatic heterocycles. The van der Waals surface area contributed by atoms with Crippen LogP contribution in [-0.2, 0) is 10.2 Å². The van der Waals surface area contributed by atoms with Crippen LogP contribution in [0, 0.1) is 6.92 Å². The lowest BCUT2D eigenvalue weighted by Gasteiger charge is -2.23. The summed E-state index contributed by atoms with van der Waals surface area (Å²) in [6, 6.07) is 0.256. The van der Waals surface area contributed by atoms with E-state index in [1.165, 1.54) is 0 Å². The van der Waals surface area contributed by atoms with Crippen molar-refractivity contribution in [3.8, 4) is 0 Å². The smallest absolute Gasteiger partial charge is 0.138 e. The van der Waals surface area contributed by atoms with Crippen molar-refractivity contribution in [2.45, 2.75) is 52.5 Å². The van der Waals surface area contributed by atoms with E-state index in [-0.39, 0.29) is 11.5 Å². The first-order valence-corrected chi connectivity index (χ1v) is 7.15. The molecule has 0 fully saturated rings. The standard InChI is InChI=1S/C15H28N4O/c1-8-11(9-20-7)17-13-10(2)12(16-6)18-14(19-13)15(3,4)5/h11H,8-9H2,1-7H3,(H2,16,17,18,19). The van der Waals surface area contributed by atoms with Crippen molar-refractivity contribution in [3.05, 3.63) is 11.4 Å². The van der Waals surface area contributed by atoms with Crippen LogP contribution in [0.1, 0.15) is 45.5 Å². The van der Waals surface area contributed by atoms with E-state index in [1.807, 2.05) is 14.0 Å². The van der Waals surface area contributed by atoms with Gasteiger partial charge in [-0.1, -0.05) is 27.7 Å². The minimum absolute atomic E-state index is 0.0846. The number of methoxy groups -OCH3 is 1. The Morgan fingerprint density at radius 3 is 2.25 bits per heavy atom. The molecule has 20 heavy (non-hydrogen) atoms. The van der Waals surface area contributed by atoms with Crippen molar-refractivity contribution >= 4 is 11.6 Å². The summed E-state index contributed by atoms with van der Waals surface area (Å²) in [4.78, 5) is 9.31. The van der Waals surface area contributed by atoms with Crippen LogP contribution in [0.4, 0.5) is 11.6 Å². The highest BCUT2D eigenvalue weighted by molar-refractivity contribution is 5.57. The maximum absolute atomic E-state index is 5.24. The zero-order chi connectivity index (χ0) is 15.3. The molecule has 0 aliphatic heterocycles. The molecule has 1 heterocycles. The van der Waals surface area contributed by atoms with Crippen LogP contribution in [0.5, 0.6) is 0 Å². The Bertz CT molecular complexity index is 440. The number of anilines is 2. The molecule has 114 valence electrons. The first-order chi connectivity index (χ1) is 9.33. The van der Waals surface area contributed by atoms with Gasteiger partial charge in [0.25, 0.3) is 0 Å². The van der Waals surface area contributed by atoms with Gasteiger partial charge in [0, 0.05) is 25.1 Å². The van der Waals surface area contributed by atoms with Crippen molar-refractivity contribution in [1.29, 1.82) is 0 Å². The molecule has 0 spiro atoms. The molecule has 5 heteroatoms. The maximum Gasteiger partial charge on any atom is 0.138 e. The molecule has 1 atom stereocenters. The van der Waals surface area contributed by atoms with E-state index >= 15 is 0 Å². The predicted molar refractivity (Wildman–Crippen MR) is 84.6 cm³/mol. The van der Waals surface area contributed by atoms with E-state index in [4.69, 9.17) is 9.72 Å². The van der Waals surface area contributed by atoms with Gasteiger partial charge in [-0.05, 0) is 13.3 Å². The molecule has 0 saturated heterocycles. The summed E-state index contributed by atoms with van der Waals surface area (Å²) in [6.07, 6.45) is 0.983. The van der Waals surface area contributed by atoms with Gasteiger partial charge in [-0.15, -0.1) is 0 Å². The Kier molecular flexibility index (Phi) is 5.74. The summed E-state index contributed by atoms with van der Waals surface area (Å²) < 4.78 is 5.24. The number of hydrogen-bond acceptors (Lipinski definition) is 5. The Balaban J connectivity index is 3.16. The maximum atomic E-state index is 5.24. The second kappa shape index (κ2) is 6.88. The number of aromatic nitrogens is 2. The summed E-state index contributed by atoms with van der Waals surface area (Å²) >= 11 is 0. The highest BCUT2D eigenvalue weighted by Gasteiger charge is 2.21. The Morgan fingerprint density at radius 1 is 1.20 bits per heavy atom. The monoisotopic (exact) mass is 280 g/mol. The lowest BCUT2D eigenvalue weighted by Crippen LogP contribution is -2.27. The third-order valence-electron chi connectivity index (χ3n) is 3.25. The van der Waals surface area contributed by atoms with Crippen LogP contribution in [0.25, 0.3) is 0 Å². The number of nitrogens with one attached hydrogen (secondary N) is 2. The number of nitrogens with zero attached hydrogens (tertiary/aromatic N) is 2. The SMILES string of the molecule is CCC(COC)Nc1nc(C(C)(C)C)nc(NC)c1C. The third kappa shape index (κ3) is 4.07. The minimum atomic E-state index is -0.0846. The van der Waals surface area contributed by atoms with Crippen molar-refractivity contribution in [3.63, 3.8) is 0 Å². The van der Waals surface area contributed by atoms with Crippen LogP contribution in [0.2, 0.25) is 0 Å². The molecule has 1 rings (SSSR count). The first kappa shape index (κ1) is 16.7. The summed E-state index contributed by atoms with van der Waals surface area (Å²) in [5, 5.41) is 6.62. The molecule has 0 aromatic carbocycles. The molecular formula is C15H28N4O. The van der Waals surface area contributed by atoms with Gasteiger partial charge >= 0.3 is 0 Å². The van der Waals surface area contributed by atoms with Gasteiger partial charge in [-0.25, -0.2) is 9.97 Å². The van der Waals surface area contributed by atoms with Gasteiger partial charge in [0.05, 0.1) is 12.6 Å². The van der Waals surface area contributed by atoms with E-state index in [1.54, 1.807) is 7.11 Å². The molecule has 0 aliphatic rings. The summed E-state index contributed by atoms with van der Waals surface area (Å²) in [7, 11) is 3.61. The molecule has 0 saturated carbocycles. The van der Waals surface area contributed by atoms with Crippen LogP contribution in [-0.4, -0.2) is 36.8 Å². The number of rotatable bonds is 6. The molecule has 1 aromatic rings. The molecule has 1 unspecified atom stereocenters. The van der Waals surface area contributed by atoms with Crippen molar-refractivity contribution in [2.24, 2.45) is 0 Å². The zero-order valence-corrected chi connectivity index (χ0v) is 13.8. The van der Waals surface area contributed by atoms with Crippen LogP contribution >= 0.6 is 0 Å². The second-order valence-electron chi connectivity index (χ2n) is 6.07. The predicted octanol–water partition coefficient (Wildman–Crippen LogP) is 2.96. The lowest BCUT2D eigenvalue weighted by molar-refractivity contribution is 0.184. The fraction of sp³-hybridized carbons (Fsp3) is 0.733. The molecular weight excluding hydrogens is 252 g/mol. The summed E-state index contributed by atoms with van der Waals surface area (Å²) in [6.45, 7) is 11.2. The fourth-order valence-electron chi connectivity index (χ4n) is 1.89. The van der Waals surface area contributed by atoms with E-state index in [0.29, 0.717) is 6.61 Å². The highest BCUT2D eigenvalue weighted by Crippen LogP contribution is 2.26. The van der Waals surface area contributed by atoms with E-state index in [2.05, 4.69) is 43.3 Å². The van der Waals surface area contributed by atoms with Gasteiger partial charge in [0.1, 0.15) is 17.5 Å². The number of hydrogen-bond donors (Lipinski definition) is 2. The first-order valence-electron chi connectivity index (χ1n) is 7.15. The summed E-state index contributed by atoms with van der Waals surface area (Å²) in [5.41, 5.74) is 0.952. The molecule has 5 nitrogen and oxygen atoms in total. The van der Waals surface area contributed by atoms with Crippen LogP contribution < -0.4 is 10.6 Å². The van der Waals surface area contributed by atoms with E-state index in [0.717, 1.165) is 29.4 Å². The second-order valence-corrected chi connectivity index (χ2v) is 6.07. The zero-order valence-electron chi connectivity index (χ0n) is 13.8. The van der Waals surface area contributed by atoms with Crippen molar-refractivity contribution < 1.29 is 4.74 Å². The normalized spacial score (nSPS) is 13.2. The molecule has 0 amide bonds. The molecule has 2 N–H and O–H groups in total. The van der Waals surface area contributed by atoms with Crippen molar-refractivity contribution in [2.75, 3.05) is 31.4 Å². The van der Waals surface area contributed by atoms with Crippen LogP contribution in [0.15, 0.2) is 0 Å². The average molecular weight is 280 g/mol. The van der Waals surface area contributed by atoms with Crippen molar-refractivity contribution in [1.82, 2.24) is 9.97 Å². The Morgan fingerprint density at radius 2 is 1.80 bits per heavy atom. The molecule has 0 radical (unpaired) electrons. The van der Waals surface area contributed by atoms with Gasteiger partial charge in [-0.2, -0.15) is 0 Å². The van der Waals surface area contributed by atoms with Gasteiger partial charge in [0.15, 0.2) is 0 Å².